The molecular formula is C26H24BrN3O2. The molecule has 0 aliphatic rings. The molecule has 1 amide bonds. The van der Waals surface area contributed by atoms with Crippen LogP contribution in [0.1, 0.15) is 22.3 Å². The summed E-state index contributed by atoms with van der Waals surface area (Å²) in [5, 5.41) is 5.23. The first-order chi connectivity index (χ1) is 15.5. The number of nitrogens with zero attached hydrogens (tertiary/aromatic N) is 2. The summed E-state index contributed by atoms with van der Waals surface area (Å²) >= 11 is 3.49. The Balaban J connectivity index is 1.43. The number of fused-ring (bicyclic) bond motifs is 1. The second-order valence-corrected chi connectivity index (χ2v) is 8.54. The summed E-state index contributed by atoms with van der Waals surface area (Å²) in [6.45, 7) is 4.62. The summed E-state index contributed by atoms with van der Waals surface area (Å²) in [6, 6.07) is 22.5. The Hall–Kier alpha value is -3.38. The second-order valence-electron chi connectivity index (χ2n) is 7.69. The number of rotatable bonds is 7. The molecular weight excluding hydrogens is 466 g/mol. The van der Waals surface area contributed by atoms with Crippen LogP contribution in [0.4, 0.5) is 0 Å². The molecule has 0 aliphatic carbocycles. The van der Waals surface area contributed by atoms with Crippen LogP contribution in [0.25, 0.3) is 10.9 Å². The SMILES string of the molecule is Cc1cc(C)c(OCC(=O)N/N=C\c2cn(Cc3ccccc3)c3ccccc23)c(Br)c1. The van der Waals surface area contributed by atoms with E-state index in [2.05, 4.69) is 61.5 Å². The molecule has 6 heteroatoms. The summed E-state index contributed by atoms with van der Waals surface area (Å²) in [7, 11) is 0. The molecule has 0 aliphatic heterocycles. The van der Waals surface area contributed by atoms with E-state index < -0.39 is 0 Å². The first-order valence-electron chi connectivity index (χ1n) is 10.3. The summed E-state index contributed by atoms with van der Waals surface area (Å²) in [5.74, 6) is 0.347. The number of para-hydroxylation sites is 1. The smallest absolute Gasteiger partial charge is 0.277 e. The minimum Gasteiger partial charge on any atom is -0.482 e. The fraction of sp³-hybridized carbons (Fsp3) is 0.154. The third-order valence-corrected chi connectivity index (χ3v) is 5.72. The van der Waals surface area contributed by atoms with Crippen molar-refractivity contribution >= 4 is 39.0 Å². The minimum atomic E-state index is -0.318. The van der Waals surface area contributed by atoms with Crippen molar-refractivity contribution in [1.29, 1.82) is 0 Å². The molecule has 0 bridgehead atoms. The highest BCUT2D eigenvalue weighted by Crippen LogP contribution is 2.30. The Bertz CT molecular complexity index is 1260. The van der Waals surface area contributed by atoms with Crippen molar-refractivity contribution in [2.24, 2.45) is 5.10 Å². The number of halogens is 1. The van der Waals surface area contributed by atoms with Crippen LogP contribution in [-0.2, 0) is 11.3 Å². The molecule has 1 heterocycles. The van der Waals surface area contributed by atoms with E-state index in [1.54, 1.807) is 6.21 Å². The van der Waals surface area contributed by atoms with E-state index in [4.69, 9.17) is 4.74 Å². The van der Waals surface area contributed by atoms with Crippen LogP contribution in [0, 0.1) is 13.8 Å². The van der Waals surface area contributed by atoms with Crippen LogP contribution in [-0.4, -0.2) is 23.3 Å². The van der Waals surface area contributed by atoms with E-state index in [9.17, 15) is 4.79 Å². The quantitative estimate of drug-likeness (QED) is 0.271. The summed E-state index contributed by atoms with van der Waals surface area (Å²) in [5.41, 5.74) is 7.93. The molecule has 162 valence electrons. The number of hydrogen-bond donors (Lipinski definition) is 1. The van der Waals surface area contributed by atoms with Crippen LogP contribution in [0.3, 0.4) is 0 Å². The first-order valence-corrected chi connectivity index (χ1v) is 11.1. The zero-order valence-electron chi connectivity index (χ0n) is 18.0. The predicted octanol–water partition coefficient (Wildman–Crippen LogP) is 5.60. The van der Waals surface area contributed by atoms with Gasteiger partial charge in [0.1, 0.15) is 5.75 Å². The van der Waals surface area contributed by atoms with Gasteiger partial charge < -0.3 is 9.30 Å². The Morgan fingerprint density at radius 1 is 1.09 bits per heavy atom. The van der Waals surface area contributed by atoms with Gasteiger partial charge in [-0.15, -0.1) is 0 Å². The van der Waals surface area contributed by atoms with E-state index in [1.165, 1.54) is 5.56 Å². The highest BCUT2D eigenvalue weighted by atomic mass is 79.9. The molecule has 5 nitrogen and oxygen atoms in total. The summed E-state index contributed by atoms with van der Waals surface area (Å²) in [4.78, 5) is 12.2. The van der Waals surface area contributed by atoms with Gasteiger partial charge in [0, 0.05) is 29.2 Å². The molecule has 0 spiro atoms. The lowest BCUT2D eigenvalue weighted by molar-refractivity contribution is -0.123. The highest BCUT2D eigenvalue weighted by Gasteiger charge is 2.10. The molecule has 1 N–H and O–H groups in total. The standard InChI is InChI=1S/C26H24BrN3O2/c1-18-12-19(2)26(23(27)13-18)32-17-25(31)29-28-14-21-16-30(15-20-8-4-3-5-9-20)24-11-7-6-10-22(21)24/h3-14,16H,15,17H2,1-2H3,(H,29,31)/b28-14-. The Labute approximate surface area is 195 Å². The number of ether oxygens (including phenoxy) is 1. The van der Waals surface area contributed by atoms with Gasteiger partial charge in [-0.05, 0) is 58.6 Å². The van der Waals surface area contributed by atoms with Gasteiger partial charge in [-0.3, -0.25) is 4.79 Å². The summed E-state index contributed by atoms with van der Waals surface area (Å²) in [6.07, 6.45) is 3.73. The zero-order valence-corrected chi connectivity index (χ0v) is 19.6. The molecule has 0 atom stereocenters. The Morgan fingerprint density at radius 2 is 1.84 bits per heavy atom. The van der Waals surface area contributed by atoms with E-state index in [0.29, 0.717) is 5.75 Å². The normalized spacial score (nSPS) is 11.2. The maximum atomic E-state index is 12.2. The lowest BCUT2D eigenvalue weighted by atomic mass is 10.1. The average Bonchev–Trinajstić information content (AvgIpc) is 3.11. The van der Waals surface area contributed by atoms with Gasteiger partial charge in [-0.25, -0.2) is 5.43 Å². The lowest BCUT2D eigenvalue weighted by Crippen LogP contribution is -2.24. The van der Waals surface area contributed by atoms with E-state index in [0.717, 1.165) is 38.6 Å². The van der Waals surface area contributed by atoms with Gasteiger partial charge in [0.25, 0.3) is 5.91 Å². The third-order valence-electron chi connectivity index (χ3n) is 5.13. The fourth-order valence-electron chi connectivity index (χ4n) is 3.72. The van der Waals surface area contributed by atoms with Crippen molar-refractivity contribution in [3.8, 4) is 5.75 Å². The second kappa shape index (κ2) is 9.83. The molecule has 4 rings (SSSR count). The number of hydrazone groups is 1. The highest BCUT2D eigenvalue weighted by molar-refractivity contribution is 9.10. The minimum absolute atomic E-state index is 0.115. The van der Waals surface area contributed by atoms with Gasteiger partial charge in [0.2, 0.25) is 0 Å². The molecule has 0 saturated heterocycles. The monoisotopic (exact) mass is 489 g/mol. The predicted molar refractivity (Wildman–Crippen MR) is 132 cm³/mol. The van der Waals surface area contributed by atoms with Crippen LogP contribution >= 0.6 is 15.9 Å². The number of carbonyl (C=O) groups is 1. The number of carbonyl (C=O) groups excluding carboxylic acids is 1. The van der Waals surface area contributed by atoms with Gasteiger partial charge in [-0.1, -0.05) is 54.6 Å². The van der Waals surface area contributed by atoms with Crippen molar-refractivity contribution in [2.45, 2.75) is 20.4 Å². The maximum Gasteiger partial charge on any atom is 0.277 e. The van der Waals surface area contributed by atoms with Crippen molar-refractivity contribution in [1.82, 2.24) is 9.99 Å². The maximum absolute atomic E-state index is 12.2. The van der Waals surface area contributed by atoms with Gasteiger partial charge in [0.05, 0.1) is 10.7 Å². The van der Waals surface area contributed by atoms with Crippen molar-refractivity contribution in [3.05, 3.63) is 99.7 Å². The number of aromatic nitrogens is 1. The molecule has 1 aromatic heterocycles. The van der Waals surface area contributed by atoms with E-state index >= 15 is 0 Å². The fourth-order valence-corrected chi connectivity index (χ4v) is 4.51. The average molecular weight is 490 g/mol. The van der Waals surface area contributed by atoms with Crippen LogP contribution in [0.5, 0.6) is 5.75 Å². The van der Waals surface area contributed by atoms with E-state index in [1.807, 2.05) is 56.3 Å². The molecule has 0 unspecified atom stereocenters. The lowest BCUT2D eigenvalue weighted by Gasteiger charge is -2.11. The first kappa shape index (κ1) is 21.8. The van der Waals surface area contributed by atoms with Crippen molar-refractivity contribution < 1.29 is 9.53 Å². The molecule has 0 saturated carbocycles. The molecule has 0 radical (unpaired) electrons. The molecule has 32 heavy (non-hydrogen) atoms. The topological polar surface area (TPSA) is 55.6 Å². The van der Waals surface area contributed by atoms with E-state index in [-0.39, 0.29) is 12.5 Å². The number of amides is 1. The van der Waals surface area contributed by atoms with Crippen LogP contribution in [0.15, 0.2) is 82.5 Å². The number of hydrogen-bond acceptors (Lipinski definition) is 3. The zero-order chi connectivity index (χ0) is 22.5. The summed E-state index contributed by atoms with van der Waals surface area (Å²) < 4.78 is 8.71. The molecule has 3 aromatic carbocycles. The van der Waals surface area contributed by atoms with Crippen LogP contribution < -0.4 is 10.2 Å². The molecule has 4 aromatic rings. The number of nitrogens with one attached hydrogen (secondary N) is 1. The van der Waals surface area contributed by atoms with Crippen LogP contribution in [0.2, 0.25) is 0 Å². The van der Waals surface area contributed by atoms with Crippen molar-refractivity contribution in [2.75, 3.05) is 6.61 Å². The van der Waals surface area contributed by atoms with Gasteiger partial charge >= 0.3 is 0 Å². The number of aryl methyl sites for hydroxylation is 2. The number of benzene rings is 3. The molecule has 0 fully saturated rings. The Morgan fingerprint density at radius 3 is 2.62 bits per heavy atom. The van der Waals surface area contributed by atoms with Gasteiger partial charge in [0.15, 0.2) is 6.61 Å². The Kier molecular flexibility index (Phi) is 6.71. The van der Waals surface area contributed by atoms with Crippen molar-refractivity contribution in [3.63, 3.8) is 0 Å². The van der Waals surface area contributed by atoms with Gasteiger partial charge in [-0.2, -0.15) is 5.10 Å². The largest absolute Gasteiger partial charge is 0.482 e. The third kappa shape index (κ3) is 5.08.